The third-order valence-electron chi connectivity index (χ3n) is 5.64. The van der Waals surface area contributed by atoms with Crippen LogP contribution in [0.2, 0.25) is 0 Å². The summed E-state index contributed by atoms with van der Waals surface area (Å²) in [5.41, 5.74) is 0.529. The lowest BCUT2D eigenvalue weighted by atomic mass is 10.00. The van der Waals surface area contributed by atoms with Crippen molar-refractivity contribution in [2.24, 2.45) is 0 Å². The molecule has 0 aliphatic heterocycles. The number of aliphatic hydroxyl groups is 2. The number of benzene rings is 3. The number of nitrogens with zero attached hydrogens (tertiary/aromatic N) is 1. The Morgan fingerprint density at radius 2 is 1.47 bits per heavy atom. The van der Waals surface area contributed by atoms with E-state index in [0.29, 0.717) is 16.7 Å². The third-order valence-corrected chi connectivity index (χ3v) is 5.64. The first-order chi connectivity index (χ1) is 16.2. The zero-order valence-corrected chi connectivity index (χ0v) is 20.1. The van der Waals surface area contributed by atoms with Gasteiger partial charge in [0.15, 0.2) is 6.10 Å². The van der Waals surface area contributed by atoms with Crippen molar-refractivity contribution in [3.63, 3.8) is 0 Å². The lowest BCUT2D eigenvalue weighted by Gasteiger charge is -2.32. The first kappa shape index (κ1) is 25.2. The van der Waals surface area contributed by atoms with Crippen LogP contribution in [-0.4, -0.2) is 52.3 Å². The van der Waals surface area contributed by atoms with Gasteiger partial charge < -0.3 is 24.6 Å². The Morgan fingerprint density at radius 3 is 2.06 bits per heavy atom. The van der Waals surface area contributed by atoms with Gasteiger partial charge in [0, 0.05) is 17.5 Å². The number of carbonyl (C=O) groups is 2. The quantitative estimate of drug-likeness (QED) is 0.384. The van der Waals surface area contributed by atoms with Gasteiger partial charge in [0.05, 0.1) is 12.7 Å². The van der Waals surface area contributed by atoms with E-state index < -0.39 is 18.2 Å². The summed E-state index contributed by atoms with van der Waals surface area (Å²) in [6, 6.07) is 16.7. The predicted octanol–water partition coefficient (Wildman–Crippen LogP) is 4.11. The number of rotatable bonds is 8. The minimum Gasteiger partial charge on any atom is -0.496 e. The van der Waals surface area contributed by atoms with E-state index in [-0.39, 0.29) is 29.3 Å². The molecule has 7 nitrogen and oxygen atoms in total. The van der Waals surface area contributed by atoms with Crippen molar-refractivity contribution in [2.75, 3.05) is 7.11 Å². The van der Waals surface area contributed by atoms with E-state index >= 15 is 0 Å². The summed E-state index contributed by atoms with van der Waals surface area (Å²) in [6.45, 7) is 7.63. The first-order valence-electron chi connectivity index (χ1n) is 11.2. The van der Waals surface area contributed by atoms with E-state index in [1.165, 1.54) is 13.2 Å². The molecular formula is C27H31NO6. The second kappa shape index (κ2) is 10.7. The average Bonchev–Trinajstić information content (AvgIpc) is 2.82. The second-order valence-corrected chi connectivity index (χ2v) is 8.62. The van der Waals surface area contributed by atoms with E-state index in [9.17, 15) is 19.8 Å². The van der Waals surface area contributed by atoms with Crippen molar-refractivity contribution < 1.29 is 29.3 Å². The molecule has 180 valence electrons. The summed E-state index contributed by atoms with van der Waals surface area (Å²) in [7, 11) is 1.50. The van der Waals surface area contributed by atoms with Crippen LogP contribution in [0, 0.1) is 0 Å². The standard InChI is InChI=1S/C27H31NO6/c1-16(2)28(17(3)4)26(31)23-21(15-14-18-12-9-13-20(33-5)22(18)23)34-27(32)25(30)24(29)19-10-7-6-8-11-19/h6-17,24-25,29-30H,1-5H3. The fraction of sp³-hybridized carbons (Fsp3) is 0.333. The molecule has 3 aromatic rings. The van der Waals surface area contributed by atoms with Gasteiger partial charge in [-0.15, -0.1) is 0 Å². The van der Waals surface area contributed by atoms with Crippen LogP contribution in [-0.2, 0) is 4.79 Å². The second-order valence-electron chi connectivity index (χ2n) is 8.62. The highest BCUT2D eigenvalue weighted by Gasteiger charge is 2.32. The van der Waals surface area contributed by atoms with Crippen molar-refractivity contribution in [2.45, 2.75) is 52.0 Å². The predicted molar refractivity (Wildman–Crippen MR) is 130 cm³/mol. The highest BCUT2D eigenvalue weighted by atomic mass is 16.6. The molecule has 0 heterocycles. The topological polar surface area (TPSA) is 96.3 Å². The Kier molecular flexibility index (Phi) is 7.91. The molecule has 1 amide bonds. The lowest BCUT2D eigenvalue weighted by Crippen LogP contribution is -2.42. The average molecular weight is 466 g/mol. The largest absolute Gasteiger partial charge is 0.496 e. The highest BCUT2D eigenvalue weighted by molar-refractivity contribution is 6.12. The van der Waals surface area contributed by atoms with Crippen LogP contribution in [0.15, 0.2) is 60.7 Å². The number of methoxy groups -OCH3 is 1. The zero-order chi connectivity index (χ0) is 25.0. The Hall–Kier alpha value is -3.42. The molecule has 0 aliphatic carbocycles. The van der Waals surface area contributed by atoms with Crippen LogP contribution in [0.5, 0.6) is 11.5 Å². The molecule has 0 saturated carbocycles. The van der Waals surface area contributed by atoms with Crippen LogP contribution < -0.4 is 9.47 Å². The maximum absolute atomic E-state index is 13.8. The summed E-state index contributed by atoms with van der Waals surface area (Å²) < 4.78 is 11.1. The smallest absolute Gasteiger partial charge is 0.343 e. The van der Waals surface area contributed by atoms with Crippen molar-refractivity contribution in [3.05, 3.63) is 71.8 Å². The van der Waals surface area contributed by atoms with E-state index in [1.807, 2.05) is 39.8 Å². The molecule has 0 aromatic heterocycles. The SMILES string of the molecule is COc1cccc2ccc(OC(=O)C(O)C(O)c3ccccc3)c(C(=O)N(C(C)C)C(C)C)c12. The van der Waals surface area contributed by atoms with E-state index in [2.05, 4.69) is 0 Å². The fourth-order valence-electron chi connectivity index (χ4n) is 4.12. The third kappa shape index (κ3) is 5.05. The number of aliphatic hydroxyl groups excluding tert-OH is 2. The minimum absolute atomic E-state index is 0.0161. The van der Waals surface area contributed by atoms with E-state index in [4.69, 9.17) is 9.47 Å². The van der Waals surface area contributed by atoms with Gasteiger partial charge in [0.2, 0.25) is 0 Å². The molecule has 0 spiro atoms. The molecule has 7 heteroatoms. The van der Waals surface area contributed by atoms with Crippen LogP contribution >= 0.6 is 0 Å². The lowest BCUT2D eigenvalue weighted by molar-refractivity contribution is -0.150. The number of fused-ring (bicyclic) bond motifs is 1. The monoisotopic (exact) mass is 465 g/mol. The normalized spacial score (nSPS) is 13.1. The Bertz CT molecular complexity index is 1150. The van der Waals surface area contributed by atoms with Crippen LogP contribution in [0.4, 0.5) is 0 Å². The molecule has 3 rings (SSSR count). The van der Waals surface area contributed by atoms with Crippen LogP contribution in [0.3, 0.4) is 0 Å². The van der Waals surface area contributed by atoms with Crippen LogP contribution in [0.25, 0.3) is 10.8 Å². The van der Waals surface area contributed by atoms with Crippen LogP contribution in [0.1, 0.15) is 49.7 Å². The van der Waals surface area contributed by atoms with Crippen molar-refractivity contribution >= 4 is 22.6 Å². The molecule has 34 heavy (non-hydrogen) atoms. The molecule has 2 N–H and O–H groups in total. The Morgan fingerprint density at radius 1 is 0.824 bits per heavy atom. The number of esters is 1. The zero-order valence-electron chi connectivity index (χ0n) is 20.1. The van der Waals surface area contributed by atoms with Crippen molar-refractivity contribution in [1.29, 1.82) is 0 Å². The van der Waals surface area contributed by atoms with Gasteiger partial charge >= 0.3 is 5.97 Å². The van der Waals surface area contributed by atoms with Gasteiger partial charge in [-0.05, 0) is 50.8 Å². The summed E-state index contributed by atoms with van der Waals surface area (Å²) in [5, 5.41) is 22.2. The number of hydrogen-bond donors (Lipinski definition) is 2. The highest BCUT2D eigenvalue weighted by Crippen LogP contribution is 2.36. The number of amides is 1. The molecule has 0 radical (unpaired) electrons. The first-order valence-corrected chi connectivity index (χ1v) is 11.2. The number of carbonyl (C=O) groups excluding carboxylic acids is 2. The maximum Gasteiger partial charge on any atom is 0.343 e. The molecule has 2 atom stereocenters. The molecule has 3 aromatic carbocycles. The summed E-state index contributed by atoms with van der Waals surface area (Å²) in [4.78, 5) is 28.3. The van der Waals surface area contributed by atoms with Gasteiger partial charge in [-0.3, -0.25) is 4.79 Å². The van der Waals surface area contributed by atoms with Crippen molar-refractivity contribution in [3.8, 4) is 11.5 Å². The Labute approximate surface area is 199 Å². The van der Waals surface area contributed by atoms with Gasteiger partial charge in [-0.25, -0.2) is 4.79 Å². The molecular weight excluding hydrogens is 434 g/mol. The molecule has 0 fully saturated rings. The summed E-state index contributed by atoms with van der Waals surface area (Å²) in [5.74, 6) is -0.963. The molecule has 2 unspecified atom stereocenters. The van der Waals surface area contributed by atoms with E-state index in [0.717, 1.165) is 5.39 Å². The van der Waals surface area contributed by atoms with Crippen molar-refractivity contribution in [1.82, 2.24) is 4.90 Å². The van der Waals surface area contributed by atoms with Gasteiger partial charge in [-0.1, -0.05) is 48.5 Å². The van der Waals surface area contributed by atoms with Gasteiger partial charge in [-0.2, -0.15) is 0 Å². The molecule has 0 aliphatic rings. The Balaban J connectivity index is 2.09. The minimum atomic E-state index is -1.84. The fourth-order valence-corrected chi connectivity index (χ4v) is 4.12. The van der Waals surface area contributed by atoms with Gasteiger partial charge in [0.1, 0.15) is 17.6 Å². The van der Waals surface area contributed by atoms with Gasteiger partial charge in [0.25, 0.3) is 5.91 Å². The van der Waals surface area contributed by atoms with E-state index in [1.54, 1.807) is 47.4 Å². The molecule has 0 bridgehead atoms. The maximum atomic E-state index is 13.8. The molecule has 0 saturated heterocycles. The number of hydrogen-bond acceptors (Lipinski definition) is 6. The summed E-state index contributed by atoms with van der Waals surface area (Å²) >= 11 is 0. The summed E-state index contributed by atoms with van der Waals surface area (Å²) in [6.07, 6.45) is -3.32. The number of ether oxygens (including phenoxy) is 2.